The molecule has 0 amide bonds. The molecule has 0 aromatic carbocycles. The number of aryl methyl sites for hydroxylation is 1. The first-order chi connectivity index (χ1) is 5.29. The number of nitrogens with zero attached hydrogens (tertiary/aromatic N) is 2. The number of halogens is 1. The van der Waals surface area contributed by atoms with Crippen LogP contribution in [0.3, 0.4) is 0 Å². The van der Waals surface area contributed by atoms with E-state index in [0.717, 1.165) is 6.54 Å². The van der Waals surface area contributed by atoms with Crippen molar-refractivity contribution in [3.8, 4) is 0 Å². The minimum atomic E-state index is 0.582. The Balaban J connectivity index is 2.48. The molecule has 2 rings (SSSR count). The Hall–Kier alpha value is -0.500. The molecule has 3 heteroatoms. The van der Waals surface area contributed by atoms with Gasteiger partial charge in [-0.1, -0.05) is 18.5 Å². The van der Waals surface area contributed by atoms with E-state index in [4.69, 9.17) is 11.6 Å². The molecule has 0 saturated carbocycles. The largest absolute Gasteiger partial charge is 0.333 e. The van der Waals surface area contributed by atoms with Gasteiger partial charge < -0.3 is 4.57 Å². The molecule has 0 saturated heterocycles. The van der Waals surface area contributed by atoms with Crippen LogP contribution in [0.25, 0.3) is 0 Å². The number of hydrogen-bond acceptors (Lipinski definition) is 1. The van der Waals surface area contributed by atoms with Crippen LogP contribution in [0, 0.1) is 0 Å². The second-order valence-corrected chi connectivity index (χ2v) is 3.52. The van der Waals surface area contributed by atoms with Gasteiger partial charge in [0.05, 0.1) is 12.0 Å². The zero-order valence-electron chi connectivity index (χ0n) is 6.55. The molecule has 0 fully saturated rings. The zero-order chi connectivity index (χ0) is 7.84. The van der Waals surface area contributed by atoms with E-state index < -0.39 is 0 Å². The maximum absolute atomic E-state index is 5.92. The van der Waals surface area contributed by atoms with Crippen LogP contribution < -0.4 is 0 Å². The second-order valence-electron chi connectivity index (χ2n) is 3.16. The first-order valence-corrected chi connectivity index (χ1v) is 4.37. The number of fused-ring (bicyclic) bond motifs is 1. The Morgan fingerprint density at radius 3 is 3.27 bits per heavy atom. The van der Waals surface area contributed by atoms with Gasteiger partial charge in [0, 0.05) is 6.54 Å². The van der Waals surface area contributed by atoms with Crippen molar-refractivity contribution in [1.29, 1.82) is 0 Å². The Kier molecular flexibility index (Phi) is 1.64. The summed E-state index contributed by atoms with van der Waals surface area (Å²) in [6.45, 7) is 3.29. The maximum Gasteiger partial charge on any atom is 0.150 e. The van der Waals surface area contributed by atoms with Gasteiger partial charge in [-0.3, -0.25) is 0 Å². The predicted octanol–water partition coefficient (Wildman–Crippen LogP) is 2.43. The minimum absolute atomic E-state index is 0.582. The van der Waals surface area contributed by atoms with E-state index in [1.807, 2.05) is 6.33 Å². The van der Waals surface area contributed by atoms with Gasteiger partial charge in [-0.05, 0) is 18.8 Å². The molecule has 1 aromatic rings. The van der Waals surface area contributed by atoms with Gasteiger partial charge >= 0.3 is 0 Å². The summed E-state index contributed by atoms with van der Waals surface area (Å²) >= 11 is 5.92. The SMILES string of the molecule is CC1CCCn2cnc(Cl)c21. The fourth-order valence-electron chi connectivity index (χ4n) is 1.74. The van der Waals surface area contributed by atoms with E-state index in [0.29, 0.717) is 11.1 Å². The first-order valence-electron chi connectivity index (χ1n) is 3.99. The van der Waals surface area contributed by atoms with E-state index in [-0.39, 0.29) is 0 Å². The van der Waals surface area contributed by atoms with Crippen molar-refractivity contribution in [3.05, 3.63) is 17.2 Å². The van der Waals surface area contributed by atoms with Crippen molar-refractivity contribution < 1.29 is 0 Å². The van der Waals surface area contributed by atoms with Crippen LogP contribution in [-0.4, -0.2) is 9.55 Å². The molecular formula is C8H11ClN2. The highest BCUT2D eigenvalue weighted by molar-refractivity contribution is 6.30. The van der Waals surface area contributed by atoms with Crippen LogP contribution in [0.5, 0.6) is 0 Å². The van der Waals surface area contributed by atoms with Crippen molar-refractivity contribution in [1.82, 2.24) is 9.55 Å². The minimum Gasteiger partial charge on any atom is -0.333 e. The smallest absolute Gasteiger partial charge is 0.150 e. The van der Waals surface area contributed by atoms with Crippen LogP contribution in [-0.2, 0) is 6.54 Å². The van der Waals surface area contributed by atoms with Crippen LogP contribution in [0.2, 0.25) is 5.15 Å². The van der Waals surface area contributed by atoms with Gasteiger partial charge in [-0.15, -0.1) is 0 Å². The first kappa shape index (κ1) is 7.17. The number of hydrogen-bond donors (Lipinski definition) is 0. The summed E-state index contributed by atoms with van der Waals surface area (Å²) in [4.78, 5) is 4.08. The Morgan fingerprint density at radius 1 is 1.73 bits per heavy atom. The lowest BCUT2D eigenvalue weighted by molar-refractivity contribution is 0.475. The predicted molar refractivity (Wildman–Crippen MR) is 44.9 cm³/mol. The monoisotopic (exact) mass is 170 g/mol. The molecule has 2 heterocycles. The lowest BCUT2D eigenvalue weighted by atomic mass is 9.99. The van der Waals surface area contributed by atoms with Crippen molar-refractivity contribution in [2.45, 2.75) is 32.2 Å². The topological polar surface area (TPSA) is 17.8 Å². The van der Waals surface area contributed by atoms with Crippen LogP contribution in [0.4, 0.5) is 0 Å². The van der Waals surface area contributed by atoms with E-state index in [1.54, 1.807) is 0 Å². The Labute approximate surface area is 71.2 Å². The van der Waals surface area contributed by atoms with Gasteiger partial charge in [0.2, 0.25) is 0 Å². The fraction of sp³-hybridized carbons (Fsp3) is 0.625. The molecule has 2 nitrogen and oxygen atoms in total. The van der Waals surface area contributed by atoms with Gasteiger partial charge in [0.15, 0.2) is 5.15 Å². The summed E-state index contributed by atoms with van der Waals surface area (Å²) in [5, 5.41) is 0.692. The fourth-order valence-corrected chi connectivity index (χ4v) is 2.07. The molecule has 0 aliphatic carbocycles. The number of rotatable bonds is 0. The van der Waals surface area contributed by atoms with Crippen molar-refractivity contribution in [2.24, 2.45) is 0 Å². The summed E-state index contributed by atoms with van der Waals surface area (Å²) < 4.78 is 2.16. The Morgan fingerprint density at radius 2 is 2.55 bits per heavy atom. The summed E-state index contributed by atoms with van der Waals surface area (Å²) in [7, 11) is 0. The second kappa shape index (κ2) is 2.52. The highest BCUT2D eigenvalue weighted by Crippen LogP contribution is 2.30. The molecule has 1 aliphatic rings. The normalized spacial score (nSPS) is 23.3. The van der Waals surface area contributed by atoms with Crippen molar-refractivity contribution >= 4 is 11.6 Å². The summed E-state index contributed by atoms with van der Waals surface area (Å²) in [5.41, 5.74) is 1.22. The number of aromatic nitrogens is 2. The number of imidazole rings is 1. The maximum atomic E-state index is 5.92. The lowest BCUT2D eigenvalue weighted by Gasteiger charge is -2.20. The summed E-state index contributed by atoms with van der Waals surface area (Å²) in [5.74, 6) is 0.582. The van der Waals surface area contributed by atoms with Gasteiger partial charge in [-0.2, -0.15) is 0 Å². The Bertz CT molecular complexity index is 267. The molecule has 0 radical (unpaired) electrons. The van der Waals surface area contributed by atoms with Gasteiger partial charge in [-0.25, -0.2) is 4.98 Å². The molecule has 0 spiro atoms. The molecule has 1 aromatic heterocycles. The molecule has 60 valence electrons. The highest BCUT2D eigenvalue weighted by atomic mass is 35.5. The molecule has 1 aliphatic heterocycles. The van der Waals surface area contributed by atoms with Gasteiger partial charge in [0.1, 0.15) is 0 Å². The third kappa shape index (κ3) is 1.06. The quantitative estimate of drug-likeness (QED) is 0.585. The molecular weight excluding hydrogens is 160 g/mol. The summed E-state index contributed by atoms with van der Waals surface area (Å²) in [6, 6.07) is 0. The standard InChI is InChI=1S/C8H11ClN2/c1-6-3-2-4-11-5-10-8(9)7(6)11/h5-6H,2-4H2,1H3. The third-order valence-corrected chi connectivity index (χ3v) is 2.63. The van der Waals surface area contributed by atoms with Crippen LogP contribution in [0.1, 0.15) is 31.4 Å². The van der Waals surface area contributed by atoms with Crippen molar-refractivity contribution in [3.63, 3.8) is 0 Å². The van der Waals surface area contributed by atoms with E-state index in [1.165, 1.54) is 18.5 Å². The highest BCUT2D eigenvalue weighted by Gasteiger charge is 2.19. The van der Waals surface area contributed by atoms with Gasteiger partial charge in [0.25, 0.3) is 0 Å². The van der Waals surface area contributed by atoms with E-state index in [2.05, 4.69) is 16.5 Å². The van der Waals surface area contributed by atoms with E-state index >= 15 is 0 Å². The van der Waals surface area contributed by atoms with Crippen LogP contribution in [0.15, 0.2) is 6.33 Å². The molecule has 0 bridgehead atoms. The average molecular weight is 171 g/mol. The lowest BCUT2D eigenvalue weighted by Crippen LogP contribution is -2.12. The summed E-state index contributed by atoms with van der Waals surface area (Å²) in [6.07, 6.45) is 4.33. The average Bonchev–Trinajstić information content (AvgIpc) is 2.34. The molecule has 1 unspecified atom stereocenters. The molecule has 0 N–H and O–H groups in total. The van der Waals surface area contributed by atoms with Crippen molar-refractivity contribution in [2.75, 3.05) is 0 Å². The zero-order valence-corrected chi connectivity index (χ0v) is 7.30. The molecule has 11 heavy (non-hydrogen) atoms. The van der Waals surface area contributed by atoms with Crippen LogP contribution >= 0.6 is 11.6 Å². The third-order valence-electron chi connectivity index (χ3n) is 2.33. The van der Waals surface area contributed by atoms with E-state index in [9.17, 15) is 0 Å². The molecule has 1 atom stereocenters.